The fourth-order valence-electron chi connectivity index (χ4n) is 2.15. The van der Waals surface area contributed by atoms with E-state index in [1.54, 1.807) is 6.07 Å². The number of hydrogen-bond donors (Lipinski definition) is 1. The van der Waals surface area contributed by atoms with E-state index in [0.717, 1.165) is 16.1 Å². The van der Waals surface area contributed by atoms with Crippen LogP contribution in [0.3, 0.4) is 0 Å². The van der Waals surface area contributed by atoms with Gasteiger partial charge in [0.05, 0.1) is 21.6 Å². The second-order valence-corrected chi connectivity index (χ2v) is 6.00. The fraction of sp³-hybridized carbons (Fsp3) is 0.133. The molecule has 3 rings (SSSR count). The average Bonchev–Trinajstić information content (AvgIpc) is 2.88. The molecular weight excluding hydrogens is 300 g/mol. The second-order valence-electron chi connectivity index (χ2n) is 4.96. The number of anilines is 1. The van der Waals surface area contributed by atoms with Gasteiger partial charge in [0, 0.05) is 31.1 Å². The van der Waals surface area contributed by atoms with Crippen LogP contribution < -0.4 is 4.90 Å². The molecule has 0 amide bonds. The number of nitrogens with zero attached hydrogens (tertiary/aromatic N) is 3. The second kappa shape index (κ2) is 5.69. The molecule has 0 radical (unpaired) electrons. The Morgan fingerprint density at radius 3 is 2.73 bits per heavy atom. The molecule has 0 aliphatic heterocycles. The predicted molar refractivity (Wildman–Crippen MR) is 87.6 cm³/mol. The van der Waals surface area contributed by atoms with Crippen molar-refractivity contribution in [1.29, 1.82) is 0 Å². The number of rotatable bonds is 4. The topological polar surface area (TPSA) is 75.1 Å². The van der Waals surface area contributed by atoms with Crippen molar-refractivity contribution in [3.63, 3.8) is 0 Å². The summed E-state index contributed by atoms with van der Waals surface area (Å²) in [6.45, 7) is 0. The molecule has 1 aromatic heterocycles. The highest BCUT2D eigenvalue weighted by Crippen LogP contribution is 2.34. The molecule has 2 aromatic carbocycles. The summed E-state index contributed by atoms with van der Waals surface area (Å²) in [5.74, 6) is 0. The molecule has 1 heterocycles. The zero-order valence-electron chi connectivity index (χ0n) is 12.1. The first-order valence-electron chi connectivity index (χ1n) is 6.63. The molecule has 0 saturated carbocycles. The van der Waals surface area contributed by atoms with E-state index in [1.807, 2.05) is 43.3 Å². The summed E-state index contributed by atoms with van der Waals surface area (Å²) in [7, 11) is 3.97. The standard InChI is InChI=1S/C15H14N4O2S/c1-18(2)13-5-3-4-6-14(13)22-15-16-11-8-7-10(19(20)21)9-12(11)17-15/h3-9H,1-2H3,(H,16,17). The zero-order chi connectivity index (χ0) is 15.7. The van der Waals surface area contributed by atoms with Crippen LogP contribution in [0.2, 0.25) is 0 Å². The van der Waals surface area contributed by atoms with Crippen molar-refractivity contribution in [2.75, 3.05) is 19.0 Å². The highest BCUT2D eigenvalue weighted by atomic mass is 32.2. The van der Waals surface area contributed by atoms with Crippen LogP contribution in [0.15, 0.2) is 52.5 Å². The lowest BCUT2D eigenvalue weighted by Gasteiger charge is -2.15. The van der Waals surface area contributed by atoms with Gasteiger partial charge in [-0.3, -0.25) is 10.1 Å². The number of fused-ring (bicyclic) bond motifs is 1. The molecule has 0 aliphatic rings. The van der Waals surface area contributed by atoms with Crippen LogP contribution in [0.4, 0.5) is 11.4 Å². The Morgan fingerprint density at radius 1 is 1.23 bits per heavy atom. The predicted octanol–water partition coefficient (Wildman–Crippen LogP) is 3.69. The summed E-state index contributed by atoms with van der Waals surface area (Å²) in [5, 5.41) is 11.5. The molecule has 0 spiro atoms. The lowest BCUT2D eigenvalue weighted by molar-refractivity contribution is -0.384. The van der Waals surface area contributed by atoms with Gasteiger partial charge in [-0.05, 0) is 30.0 Å². The Balaban J connectivity index is 1.96. The number of non-ortho nitro benzene ring substituents is 1. The van der Waals surface area contributed by atoms with Crippen LogP contribution in [0, 0.1) is 10.1 Å². The van der Waals surface area contributed by atoms with Crippen molar-refractivity contribution in [3.05, 3.63) is 52.6 Å². The summed E-state index contributed by atoms with van der Waals surface area (Å²) in [5.41, 5.74) is 2.54. The lowest BCUT2D eigenvalue weighted by atomic mass is 10.3. The van der Waals surface area contributed by atoms with Gasteiger partial charge in [-0.1, -0.05) is 12.1 Å². The summed E-state index contributed by atoms with van der Waals surface area (Å²) in [6.07, 6.45) is 0. The minimum atomic E-state index is -0.408. The van der Waals surface area contributed by atoms with Gasteiger partial charge in [-0.25, -0.2) is 4.98 Å². The van der Waals surface area contributed by atoms with Gasteiger partial charge < -0.3 is 9.88 Å². The van der Waals surface area contributed by atoms with E-state index < -0.39 is 4.92 Å². The van der Waals surface area contributed by atoms with Crippen molar-refractivity contribution in [1.82, 2.24) is 9.97 Å². The van der Waals surface area contributed by atoms with Gasteiger partial charge >= 0.3 is 0 Å². The number of nitrogens with one attached hydrogen (secondary N) is 1. The molecule has 0 unspecified atom stereocenters. The minimum absolute atomic E-state index is 0.0568. The molecule has 0 saturated heterocycles. The Bertz CT molecular complexity index is 844. The van der Waals surface area contributed by atoms with E-state index in [9.17, 15) is 10.1 Å². The summed E-state index contributed by atoms with van der Waals surface area (Å²) in [6, 6.07) is 12.6. The first kappa shape index (κ1) is 14.4. The maximum absolute atomic E-state index is 10.8. The lowest BCUT2D eigenvalue weighted by Crippen LogP contribution is -2.09. The largest absolute Gasteiger partial charge is 0.377 e. The third-order valence-electron chi connectivity index (χ3n) is 3.21. The van der Waals surface area contributed by atoms with Gasteiger partial charge in [0.1, 0.15) is 0 Å². The SMILES string of the molecule is CN(C)c1ccccc1Sc1nc2ccc([N+](=O)[O-])cc2[nH]1. The molecule has 1 N–H and O–H groups in total. The maximum atomic E-state index is 10.8. The third-order valence-corrected chi connectivity index (χ3v) is 4.16. The fourth-order valence-corrected chi connectivity index (χ4v) is 3.17. The van der Waals surface area contributed by atoms with E-state index in [4.69, 9.17) is 0 Å². The number of aromatic amines is 1. The third kappa shape index (κ3) is 2.75. The number of benzene rings is 2. The van der Waals surface area contributed by atoms with Gasteiger partial charge in [0.15, 0.2) is 5.16 Å². The maximum Gasteiger partial charge on any atom is 0.271 e. The van der Waals surface area contributed by atoms with Crippen LogP contribution in [0.25, 0.3) is 11.0 Å². The normalized spacial score (nSPS) is 10.8. The molecule has 0 fully saturated rings. The first-order chi connectivity index (χ1) is 10.5. The Hall–Kier alpha value is -2.54. The van der Waals surface area contributed by atoms with Crippen LogP contribution >= 0.6 is 11.8 Å². The number of H-pyrrole nitrogens is 1. The number of para-hydroxylation sites is 1. The van der Waals surface area contributed by atoms with E-state index in [1.165, 1.54) is 23.9 Å². The number of nitro benzene ring substituents is 1. The molecule has 112 valence electrons. The van der Waals surface area contributed by atoms with Crippen LogP contribution in [0.1, 0.15) is 0 Å². The zero-order valence-corrected chi connectivity index (χ0v) is 12.9. The van der Waals surface area contributed by atoms with Crippen molar-refractivity contribution in [3.8, 4) is 0 Å². The highest BCUT2D eigenvalue weighted by Gasteiger charge is 2.12. The first-order valence-corrected chi connectivity index (χ1v) is 7.44. The smallest absolute Gasteiger partial charge is 0.271 e. The van der Waals surface area contributed by atoms with Crippen molar-refractivity contribution < 1.29 is 4.92 Å². The summed E-state index contributed by atoms with van der Waals surface area (Å²) in [4.78, 5) is 21.1. The number of nitro groups is 1. The van der Waals surface area contributed by atoms with Gasteiger partial charge in [0.25, 0.3) is 5.69 Å². The molecule has 22 heavy (non-hydrogen) atoms. The summed E-state index contributed by atoms with van der Waals surface area (Å²) >= 11 is 1.50. The molecule has 0 bridgehead atoms. The highest BCUT2D eigenvalue weighted by molar-refractivity contribution is 7.99. The van der Waals surface area contributed by atoms with Gasteiger partial charge in [-0.2, -0.15) is 0 Å². The molecular formula is C15H14N4O2S. The Labute approximate surface area is 131 Å². The van der Waals surface area contributed by atoms with Crippen LogP contribution in [-0.2, 0) is 0 Å². The van der Waals surface area contributed by atoms with E-state index in [0.29, 0.717) is 10.7 Å². The van der Waals surface area contributed by atoms with Crippen molar-refractivity contribution >= 4 is 34.2 Å². The molecule has 0 aliphatic carbocycles. The van der Waals surface area contributed by atoms with Gasteiger partial charge in [0.2, 0.25) is 0 Å². The van der Waals surface area contributed by atoms with Gasteiger partial charge in [-0.15, -0.1) is 0 Å². The van der Waals surface area contributed by atoms with E-state index in [2.05, 4.69) is 9.97 Å². The van der Waals surface area contributed by atoms with Crippen LogP contribution in [-0.4, -0.2) is 29.0 Å². The number of hydrogen-bond acceptors (Lipinski definition) is 5. The molecule has 0 atom stereocenters. The number of imidazole rings is 1. The number of aromatic nitrogens is 2. The average molecular weight is 314 g/mol. The van der Waals surface area contributed by atoms with E-state index >= 15 is 0 Å². The monoisotopic (exact) mass is 314 g/mol. The molecule has 3 aromatic rings. The minimum Gasteiger partial charge on any atom is -0.377 e. The Morgan fingerprint density at radius 2 is 2.00 bits per heavy atom. The van der Waals surface area contributed by atoms with Crippen LogP contribution in [0.5, 0.6) is 0 Å². The van der Waals surface area contributed by atoms with E-state index in [-0.39, 0.29) is 5.69 Å². The Kier molecular flexibility index (Phi) is 3.72. The summed E-state index contributed by atoms with van der Waals surface area (Å²) < 4.78 is 0. The quantitative estimate of drug-likeness (QED) is 0.587. The van der Waals surface area contributed by atoms with Crippen molar-refractivity contribution in [2.24, 2.45) is 0 Å². The molecule has 6 nitrogen and oxygen atoms in total. The molecule has 7 heteroatoms. The van der Waals surface area contributed by atoms with Crippen molar-refractivity contribution in [2.45, 2.75) is 10.1 Å².